The molecule has 6 heteroatoms. The van der Waals surface area contributed by atoms with Gasteiger partial charge in [0.1, 0.15) is 12.4 Å². The molecule has 0 aliphatic carbocycles. The number of aromatic nitrogens is 2. The Kier molecular flexibility index (Phi) is 5.80. The maximum Gasteiger partial charge on any atom is 0.338 e. The van der Waals surface area contributed by atoms with Gasteiger partial charge in [0.15, 0.2) is 0 Å². The number of benzene rings is 3. The van der Waals surface area contributed by atoms with Gasteiger partial charge in [-0.3, -0.25) is 4.57 Å². The van der Waals surface area contributed by atoms with E-state index in [0.717, 1.165) is 33.6 Å². The monoisotopic (exact) mass is 453 g/mol. The Morgan fingerprint density at radius 3 is 2.44 bits per heavy atom. The number of ether oxygens (including phenoxy) is 2. The molecule has 34 heavy (non-hydrogen) atoms. The minimum atomic E-state index is -0.377. The van der Waals surface area contributed by atoms with Crippen molar-refractivity contribution in [1.82, 2.24) is 9.55 Å². The topological polar surface area (TPSA) is 65.4 Å². The third kappa shape index (κ3) is 4.15. The summed E-state index contributed by atoms with van der Waals surface area (Å²) in [6, 6.07) is 25.5. The molecule has 172 valence electrons. The van der Waals surface area contributed by atoms with E-state index in [2.05, 4.69) is 9.88 Å². The minimum absolute atomic E-state index is 0.219. The van der Waals surface area contributed by atoms with Crippen molar-refractivity contribution in [1.29, 1.82) is 0 Å². The molecule has 1 aliphatic heterocycles. The van der Waals surface area contributed by atoms with Gasteiger partial charge in [0.2, 0.25) is 5.95 Å². The van der Waals surface area contributed by atoms with Crippen molar-refractivity contribution in [3.05, 3.63) is 101 Å². The molecule has 0 bridgehead atoms. The lowest BCUT2D eigenvalue weighted by atomic mass is 9.95. The van der Waals surface area contributed by atoms with Gasteiger partial charge >= 0.3 is 5.97 Å². The first-order valence-corrected chi connectivity index (χ1v) is 11.4. The van der Waals surface area contributed by atoms with Crippen molar-refractivity contribution in [2.24, 2.45) is 0 Å². The van der Waals surface area contributed by atoms with Crippen LogP contribution < -0.4 is 10.1 Å². The lowest BCUT2D eigenvalue weighted by Crippen LogP contribution is -2.29. The summed E-state index contributed by atoms with van der Waals surface area (Å²) in [6.07, 6.45) is -0.219. The number of allylic oxidation sites excluding steroid dienone is 1. The molecule has 0 saturated heterocycles. The second-order valence-electron chi connectivity index (χ2n) is 8.66. The molecule has 1 N–H and O–H groups in total. The van der Waals surface area contributed by atoms with Crippen LogP contribution in [0.15, 0.2) is 90.1 Å². The van der Waals surface area contributed by atoms with Crippen LogP contribution in [0.4, 0.5) is 5.95 Å². The highest BCUT2D eigenvalue weighted by atomic mass is 16.5. The summed E-state index contributed by atoms with van der Waals surface area (Å²) in [7, 11) is 0. The van der Waals surface area contributed by atoms with Gasteiger partial charge in [-0.2, -0.15) is 0 Å². The van der Waals surface area contributed by atoms with Crippen molar-refractivity contribution >= 4 is 23.0 Å². The van der Waals surface area contributed by atoms with Crippen LogP contribution in [0.5, 0.6) is 5.75 Å². The Morgan fingerprint density at radius 1 is 1.00 bits per heavy atom. The van der Waals surface area contributed by atoms with Crippen LogP contribution in [0.2, 0.25) is 0 Å². The standard InChI is InChI=1S/C28H27N3O3/c1-18(2)34-27(32)25-19(3)29-28-30-23-11-7-8-12-24(23)31(28)26(25)21-13-15-22(16-14-21)33-17-20-9-5-4-6-10-20/h4-16,18,26H,17H2,1-3H3,(H,29,30)/t26-/m0/s1. The Bertz CT molecular complexity index is 1350. The predicted molar refractivity (Wildman–Crippen MR) is 133 cm³/mol. The smallest absolute Gasteiger partial charge is 0.338 e. The first kappa shape index (κ1) is 21.8. The lowest BCUT2D eigenvalue weighted by Gasteiger charge is -2.30. The second kappa shape index (κ2) is 9.06. The van der Waals surface area contributed by atoms with Crippen LogP contribution in [-0.2, 0) is 16.1 Å². The SMILES string of the molecule is CC1=C(C(=O)OC(C)C)[C@H](c2ccc(OCc3ccccc3)cc2)n2c(nc3ccccc32)N1. The number of esters is 1. The molecule has 0 spiro atoms. The number of rotatable bonds is 6. The van der Waals surface area contributed by atoms with Crippen LogP contribution in [0.25, 0.3) is 11.0 Å². The molecule has 0 fully saturated rings. The molecular weight excluding hydrogens is 426 g/mol. The van der Waals surface area contributed by atoms with Crippen LogP contribution in [0.3, 0.4) is 0 Å². The quantitative estimate of drug-likeness (QED) is 0.371. The zero-order valence-corrected chi connectivity index (χ0v) is 19.5. The molecule has 1 atom stereocenters. The van der Waals surface area contributed by atoms with Gasteiger partial charge in [-0.25, -0.2) is 9.78 Å². The molecule has 0 amide bonds. The highest BCUT2D eigenvalue weighted by Gasteiger charge is 2.35. The Morgan fingerprint density at radius 2 is 1.71 bits per heavy atom. The van der Waals surface area contributed by atoms with Crippen molar-refractivity contribution in [3.63, 3.8) is 0 Å². The third-order valence-corrected chi connectivity index (χ3v) is 5.84. The van der Waals surface area contributed by atoms with Gasteiger partial charge in [-0.1, -0.05) is 54.6 Å². The van der Waals surface area contributed by atoms with E-state index in [0.29, 0.717) is 18.1 Å². The van der Waals surface area contributed by atoms with E-state index in [1.807, 2.05) is 99.6 Å². The van der Waals surface area contributed by atoms with Crippen molar-refractivity contribution in [2.45, 2.75) is 39.5 Å². The highest BCUT2D eigenvalue weighted by Crippen LogP contribution is 2.40. The summed E-state index contributed by atoms with van der Waals surface area (Å²) in [5.41, 5.74) is 5.18. The Balaban J connectivity index is 1.53. The number of nitrogens with zero attached hydrogens (tertiary/aromatic N) is 2. The molecule has 1 aromatic heterocycles. The summed E-state index contributed by atoms with van der Waals surface area (Å²) in [6.45, 7) is 6.10. The maximum atomic E-state index is 13.2. The van der Waals surface area contributed by atoms with Crippen molar-refractivity contribution in [3.8, 4) is 5.75 Å². The van der Waals surface area contributed by atoms with Crippen molar-refractivity contribution in [2.75, 3.05) is 5.32 Å². The van der Waals surface area contributed by atoms with E-state index >= 15 is 0 Å². The number of anilines is 1. The number of para-hydroxylation sites is 2. The molecule has 1 aliphatic rings. The molecule has 2 heterocycles. The van der Waals surface area contributed by atoms with Gasteiger partial charge in [0, 0.05) is 5.70 Å². The first-order valence-electron chi connectivity index (χ1n) is 11.4. The van der Waals surface area contributed by atoms with Gasteiger partial charge in [-0.05, 0) is 56.2 Å². The zero-order valence-electron chi connectivity index (χ0n) is 19.5. The van der Waals surface area contributed by atoms with Crippen LogP contribution in [0.1, 0.15) is 37.9 Å². The van der Waals surface area contributed by atoms with E-state index in [4.69, 9.17) is 14.5 Å². The minimum Gasteiger partial charge on any atom is -0.489 e. The van der Waals surface area contributed by atoms with Gasteiger partial charge in [-0.15, -0.1) is 0 Å². The molecule has 5 rings (SSSR count). The summed E-state index contributed by atoms with van der Waals surface area (Å²) < 4.78 is 13.7. The first-order chi connectivity index (χ1) is 16.5. The fraction of sp³-hybridized carbons (Fsp3) is 0.214. The van der Waals surface area contributed by atoms with E-state index in [1.54, 1.807) is 0 Å². The zero-order chi connectivity index (χ0) is 23.7. The lowest BCUT2D eigenvalue weighted by molar-refractivity contribution is -0.143. The van der Waals surface area contributed by atoms with Gasteiger partial charge in [0.25, 0.3) is 0 Å². The fourth-order valence-electron chi connectivity index (χ4n) is 4.31. The Labute approximate surface area is 198 Å². The molecule has 0 radical (unpaired) electrons. The largest absolute Gasteiger partial charge is 0.489 e. The summed E-state index contributed by atoms with van der Waals surface area (Å²) in [5, 5.41) is 3.31. The normalized spacial score (nSPS) is 15.2. The number of nitrogens with one attached hydrogen (secondary N) is 1. The summed E-state index contributed by atoms with van der Waals surface area (Å²) >= 11 is 0. The molecule has 6 nitrogen and oxygen atoms in total. The summed E-state index contributed by atoms with van der Waals surface area (Å²) in [5.74, 6) is 1.14. The number of imidazole rings is 1. The molecule has 0 unspecified atom stereocenters. The number of hydrogen-bond acceptors (Lipinski definition) is 5. The average Bonchev–Trinajstić information content (AvgIpc) is 3.20. The van der Waals surface area contributed by atoms with E-state index in [1.165, 1.54) is 0 Å². The second-order valence-corrected chi connectivity index (χ2v) is 8.66. The number of hydrogen-bond donors (Lipinski definition) is 1. The summed E-state index contributed by atoms with van der Waals surface area (Å²) in [4.78, 5) is 18.0. The number of fused-ring (bicyclic) bond motifs is 3. The molecule has 0 saturated carbocycles. The van der Waals surface area contributed by atoms with Gasteiger partial charge < -0.3 is 14.8 Å². The van der Waals surface area contributed by atoms with Crippen LogP contribution >= 0.6 is 0 Å². The van der Waals surface area contributed by atoms with E-state index in [-0.39, 0.29) is 18.1 Å². The van der Waals surface area contributed by atoms with Crippen LogP contribution in [-0.4, -0.2) is 21.6 Å². The van der Waals surface area contributed by atoms with Gasteiger partial charge in [0.05, 0.1) is 28.8 Å². The van der Waals surface area contributed by atoms with E-state index < -0.39 is 0 Å². The fourth-order valence-corrected chi connectivity index (χ4v) is 4.31. The third-order valence-electron chi connectivity index (χ3n) is 5.84. The number of carbonyl (C=O) groups is 1. The van der Waals surface area contributed by atoms with Crippen LogP contribution in [0, 0.1) is 0 Å². The maximum absolute atomic E-state index is 13.2. The predicted octanol–water partition coefficient (Wildman–Crippen LogP) is 5.86. The van der Waals surface area contributed by atoms with Crippen molar-refractivity contribution < 1.29 is 14.3 Å². The molecular formula is C28H27N3O3. The number of carbonyl (C=O) groups excluding carboxylic acids is 1. The molecule has 4 aromatic rings. The van der Waals surface area contributed by atoms with E-state index in [9.17, 15) is 4.79 Å². The average molecular weight is 454 g/mol. The highest BCUT2D eigenvalue weighted by molar-refractivity contribution is 5.94. The Hall–Kier alpha value is -4.06. The molecule has 3 aromatic carbocycles.